The molecule has 3 N–H and O–H groups in total. The van der Waals surface area contributed by atoms with Crippen molar-refractivity contribution in [1.82, 2.24) is 5.32 Å². The zero-order valence-corrected chi connectivity index (χ0v) is 15.9. The van der Waals surface area contributed by atoms with Gasteiger partial charge in [-0.3, -0.25) is 4.79 Å². The average Bonchev–Trinajstić information content (AvgIpc) is 3.12. The van der Waals surface area contributed by atoms with Crippen molar-refractivity contribution in [3.63, 3.8) is 0 Å². The van der Waals surface area contributed by atoms with E-state index >= 15 is 0 Å². The fraction of sp³-hybridized carbons (Fsp3) is 0.316. The Kier molecular flexibility index (Phi) is 8.54. The Morgan fingerprint density at radius 2 is 2.12 bits per heavy atom. The molecule has 1 atom stereocenters. The topological polar surface area (TPSA) is 91.3 Å². The lowest BCUT2D eigenvalue weighted by Crippen LogP contribution is -2.18. The van der Waals surface area contributed by atoms with Crippen molar-refractivity contribution in [3.05, 3.63) is 45.6 Å². The number of hydrogen-bond acceptors (Lipinski definition) is 4. The number of nitriles is 1. The van der Waals surface area contributed by atoms with E-state index in [4.69, 9.17) is 11.0 Å². The summed E-state index contributed by atoms with van der Waals surface area (Å²) in [7, 11) is 1.81. The Morgan fingerprint density at radius 3 is 2.72 bits per heavy atom. The molecule has 1 aromatic carbocycles. The van der Waals surface area contributed by atoms with Crippen LogP contribution in [-0.4, -0.2) is 19.3 Å². The number of nitrogens with one attached hydrogen (secondary N) is 1. The Balaban J connectivity index is 0.00000151. The summed E-state index contributed by atoms with van der Waals surface area (Å²) < 4.78 is 0. The van der Waals surface area contributed by atoms with Gasteiger partial charge in [-0.05, 0) is 48.2 Å². The molecule has 1 aromatic heterocycles. The minimum Gasteiger partial charge on any atom is -0.390 e. The SMILES string of the molecule is CC.CNC(CC(=O)N=CN)c1cc(-c2ccc(C)c(C#N)c2)cs1. The van der Waals surface area contributed by atoms with E-state index in [0.717, 1.165) is 27.9 Å². The van der Waals surface area contributed by atoms with Gasteiger partial charge in [0, 0.05) is 11.3 Å². The van der Waals surface area contributed by atoms with Gasteiger partial charge in [-0.25, -0.2) is 4.99 Å². The molecule has 1 amide bonds. The fourth-order valence-corrected chi connectivity index (χ4v) is 3.29. The molecule has 0 saturated carbocycles. The first-order valence-electron chi connectivity index (χ1n) is 8.13. The van der Waals surface area contributed by atoms with Crippen LogP contribution in [0.4, 0.5) is 0 Å². The lowest BCUT2D eigenvalue weighted by Gasteiger charge is -2.11. The van der Waals surface area contributed by atoms with E-state index in [1.807, 2.05) is 57.5 Å². The molecule has 25 heavy (non-hydrogen) atoms. The van der Waals surface area contributed by atoms with E-state index in [-0.39, 0.29) is 18.4 Å². The molecule has 0 aliphatic heterocycles. The van der Waals surface area contributed by atoms with E-state index in [1.165, 1.54) is 0 Å². The number of amides is 1. The van der Waals surface area contributed by atoms with Crippen LogP contribution in [0.5, 0.6) is 0 Å². The van der Waals surface area contributed by atoms with Gasteiger partial charge in [0.1, 0.15) is 0 Å². The molecule has 6 heteroatoms. The third-order valence-corrected chi connectivity index (χ3v) is 4.65. The summed E-state index contributed by atoms with van der Waals surface area (Å²) in [5.41, 5.74) is 8.82. The summed E-state index contributed by atoms with van der Waals surface area (Å²) in [5, 5.41) is 14.3. The Labute approximate surface area is 153 Å². The van der Waals surface area contributed by atoms with Crippen LogP contribution in [0.2, 0.25) is 0 Å². The first-order valence-corrected chi connectivity index (χ1v) is 9.01. The van der Waals surface area contributed by atoms with Crippen molar-refractivity contribution in [2.75, 3.05) is 7.05 Å². The fourth-order valence-electron chi connectivity index (χ4n) is 2.26. The van der Waals surface area contributed by atoms with Gasteiger partial charge in [-0.2, -0.15) is 5.26 Å². The first kappa shape index (κ1) is 20.6. The van der Waals surface area contributed by atoms with Crippen LogP contribution in [0, 0.1) is 18.3 Å². The second kappa shape index (κ2) is 10.4. The van der Waals surface area contributed by atoms with Gasteiger partial charge in [-0.15, -0.1) is 11.3 Å². The summed E-state index contributed by atoms with van der Waals surface area (Å²) in [4.78, 5) is 16.3. The van der Waals surface area contributed by atoms with Crippen LogP contribution in [0.1, 0.15) is 42.3 Å². The Bertz CT molecular complexity index is 774. The van der Waals surface area contributed by atoms with Gasteiger partial charge < -0.3 is 11.1 Å². The number of thiophene rings is 1. The van der Waals surface area contributed by atoms with Crippen molar-refractivity contribution in [2.24, 2.45) is 10.7 Å². The molecule has 5 nitrogen and oxygen atoms in total. The molecule has 2 rings (SSSR count). The highest BCUT2D eigenvalue weighted by Gasteiger charge is 2.16. The largest absolute Gasteiger partial charge is 0.390 e. The molecule has 0 spiro atoms. The number of benzene rings is 1. The second-order valence-corrected chi connectivity index (χ2v) is 6.04. The van der Waals surface area contributed by atoms with E-state index < -0.39 is 0 Å². The van der Waals surface area contributed by atoms with Crippen molar-refractivity contribution in [3.8, 4) is 17.2 Å². The van der Waals surface area contributed by atoms with Gasteiger partial charge in [0.05, 0.1) is 24.0 Å². The van der Waals surface area contributed by atoms with Crippen LogP contribution in [0.15, 0.2) is 34.6 Å². The number of aryl methyl sites for hydroxylation is 1. The summed E-state index contributed by atoms with van der Waals surface area (Å²) >= 11 is 1.57. The van der Waals surface area contributed by atoms with Crippen molar-refractivity contribution >= 4 is 23.6 Å². The summed E-state index contributed by atoms with van der Waals surface area (Å²) in [5.74, 6) is -0.260. The zero-order valence-electron chi connectivity index (χ0n) is 15.0. The molecule has 132 valence electrons. The number of carbonyl (C=O) groups is 1. The summed E-state index contributed by atoms with van der Waals surface area (Å²) in [6.07, 6.45) is 1.27. The highest BCUT2D eigenvalue weighted by Crippen LogP contribution is 2.31. The third-order valence-electron chi connectivity index (χ3n) is 3.60. The standard InChI is InChI=1S/C17H18N4OS.C2H6/c1-11-3-4-12(5-13(11)8-18)14-6-16(23-9-14)15(20-2)7-17(22)21-10-19;1-2/h3-6,9-10,15,20H,7H2,1-2H3,(H2,19,21,22);1-2H3. The minimum atomic E-state index is -0.260. The average molecular weight is 356 g/mol. The van der Waals surface area contributed by atoms with Crippen molar-refractivity contribution in [1.29, 1.82) is 5.26 Å². The quantitative estimate of drug-likeness (QED) is 0.630. The smallest absolute Gasteiger partial charge is 0.248 e. The van der Waals surface area contributed by atoms with E-state index in [0.29, 0.717) is 5.56 Å². The Hall–Kier alpha value is -2.49. The number of nitrogens with zero attached hydrogens (tertiary/aromatic N) is 2. The molecule has 2 aromatic rings. The van der Waals surface area contributed by atoms with Crippen molar-refractivity contribution in [2.45, 2.75) is 33.2 Å². The normalized spacial score (nSPS) is 11.5. The van der Waals surface area contributed by atoms with E-state index in [9.17, 15) is 4.79 Å². The maximum atomic E-state index is 11.6. The predicted molar refractivity (Wildman–Crippen MR) is 105 cm³/mol. The van der Waals surface area contributed by atoms with Gasteiger partial charge >= 0.3 is 0 Å². The molecule has 0 fully saturated rings. The van der Waals surface area contributed by atoms with Crippen LogP contribution in [0.3, 0.4) is 0 Å². The first-order chi connectivity index (χ1) is 12.1. The van der Waals surface area contributed by atoms with Crippen LogP contribution < -0.4 is 11.1 Å². The molecule has 0 radical (unpaired) electrons. The molecule has 0 bridgehead atoms. The number of aliphatic imine (C=N–C) groups is 1. The molecule has 0 saturated heterocycles. The molecule has 0 aliphatic rings. The zero-order chi connectivity index (χ0) is 18.8. The summed E-state index contributed by atoms with van der Waals surface area (Å²) in [6, 6.07) is 9.97. The van der Waals surface area contributed by atoms with Gasteiger partial charge in [0.2, 0.25) is 5.91 Å². The second-order valence-electron chi connectivity index (χ2n) is 5.10. The monoisotopic (exact) mass is 356 g/mol. The number of hydrogen-bond donors (Lipinski definition) is 2. The molecule has 1 unspecified atom stereocenters. The van der Waals surface area contributed by atoms with Crippen molar-refractivity contribution < 1.29 is 4.79 Å². The van der Waals surface area contributed by atoms with E-state index in [1.54, 1.807) is 11.3 Å². The lowest BCUT2D eigenvalue weighted by molar-refractivity contribution is -0.118. The van der Waals surface area contributed by atoms with Gasteiger partial charge in [0.15, 0.2) is 0 Å². The van der Waals surface area contributed by atoms with Gasteiger partial charge in [-0.1, -0.05) is 26.0 Å². The maximum absolute atomic E-state index is 11.6. The van der Waals surface area contributed by atoms with Gasteiger partial charge in [0.25, 0.3) is 0 Å². The minimum absolute atomic E-state index is 0.106. The lowest BCUT2D eigenvalue weighted by atomic mass is 10.0. The third kappa shape index (κ3) is 5.52. The van der Waals surface area contributed by atoms with Crippen LogP contribution in [-0.2, 0) is 4.79 Å². The molecule has 1 heterocycles. The molecular weight excluding hydrogens is 332 g/mol. The molecule has 0 aliphatic carbocycles. The van der Waals surface area contributed by atoms with E-state index in [2.05, 4.69) is 16.4 Å². The van der Waals surface area contributed by atoms with Crippen LogP contribution >= 0.6 is 11.3 Å². The van der Waals surface area contributed by atoms with Crippen LogP contribution in [0.25, 0.3) is 11.1 Å². The predicted octanol–water partition coefficient (Wildman–Crippen LogP) is 3.79. The Morgan fingerprint density at radius 1 is 1.40 bits per heavy atom. The maximum Gasteiger partial charge on any atom is 0.248 e. The molecular formula is C19H24N4OS. The highest BCUT2D eigenvalue weighted by molar-refractivity contribution is 7.10. The number of carbonyl (C=O) groups excluding carboxylic acids is 1. The number of rotatable bonds is 5. The number of nitrogens with two attached hydrogens (primary N) is 1. The highest BCUT2D eigenvalue weighted by atomic mass is 32.1. The summed E-state index contributed by atoms with van der Waals surface area (Å²) in [6.45, 7) is 5.92.